The second kappa shape index (κ2) is 6.17. The number of anilines is 1. The van der Waals surface area contributed by atoms with Gasteiger partial charge in [0.25, 0.3) is 0 Å². The van der Waals surface area contributed by atoms with Crippen molar-refractivity contribution in [2.24, 2.45) is 5.73 Å². The van der Waals surface area contributed by atoms with Gasteiger partial charge in [-0.25, -0.2) is 9.18 Å². The Morgan fingerprint density at radius 3 is 2.29 bits per heavy atom. The Balaban J connectivity index is 2.85. The molecule has 0 aliphatic carbocycles. The molecule has 0 heterocycles. The lowest BCUT2D eigenvalue weighted by Gasteiger charge is -2.24. The molecule has 2 N–H and O–H groups in total. The number of amides is 2. The van der Waals surface area contributed by atoms with Gasteiger partial charge in [-0.05, 0) is 24.3 Å². The van der Waals surface area contributed by atoms with Crippen LogP contribution in [0, 0.1) is 5.82 Å². The number of ether oxygens (including phenoxy) is 2. The van der Waals surface area contributed by atoms with Crippen molar-refractivity contribution in [2.45, 2.75) is 6.29 Å². The molecule has 1 aromatic rings. The number of rotatable bonds is 5. The van der Waals surface area contributed by atoms with Gasteiger partial charge in [-0.2, -0.15) is 0 Å². The number of nitrogens with two attached hydrogens (primary N) is 1. The van der Waals surface area contributed by atoms with E-state index in [1.165, 1.54) is 43.4 Å². The van der Waals surface area contributed by atoms with Gasteiger partial charge >= 0.3 is 6.03 Å². The fourth-order valence-electron chi connectivity index (χ4n) is 1.34. The van der Waals surface area contributed by atoms with Crippen molar-refractivity contribution < 1.29 is 18.7 Å². The molecule has 2 amide bonds. The molecule has 0 atom stereocenters. The number of carbonyl (C=O) groups excluding carboxylic acids is 1. The van der Waals surface area contributed by atoms with Crippen LogP contribution in [0.2, 0.25) is 0 Å². The van der Waals surface area contributed by atoms with Crippen LogP contribution in [0.25, 0.3) is 0 Å². The summed E-state index contributed by atoms with van der Waals surface area (Å²) in [6, 6.07) is 4.76. The highest BCUT2D eigenvalue weighted by molar-refractivity contribution is 5.90. The number of methoxy groups -OCH3 is 2. The first-order valence-corrected chi connectivity index (χ1v) is 4.96. The molecule has 0 saturated carbocycles. The van der Waals surface area contributed by atoms with Crippen molar-refractivity contribution in [3.05, 3.63) is 30.1 Å². The van der Waals surface area contributed by atoms with Crippen LogP contribution in [0.5, 0.6) is 0 Å². The average Bonchev–Trinajstić information content (AvgIpc) is 2.32. The smallest absolute Gasteiger partial charge is 0.319 e. The van der Waals surface area contributed by atoms with Crippen molar-refractivity contribution in [3.63, 3.8) is 0 Å². The maximum Gasteiger partial charge on any atom is 0.319 e. The summed E-state index contributed by atoms with van der Waals surface area (Å²) >= 11 is 0. The van der Waals surface area contributed by atoms with Gasteiger partial charge in [0, 0.05) is 19.9 Å². The van der Waals surface area contributed by atoms with Crippen LogP contribution < -0.4 is 10.6 Å². The van der Waals surface area contributed by atoms with Crippen molar-refractivity contribution in [3.8, 4) is 0 Å². The maximum absolute atomic E-state index is 12.8. The molecule has 0 saturated heterocycles. The lowest BCUT2D eigenvalue weighted by atomic mass is 10.3. The summed E-state index contributed by atoms with van der Waals surface area (Å²) in [7, 11) is 2.91. The fraction of sp³-hybridized carbons (Fsp3) is 0.364. The van der Waals surface area contributed by atoms with Crippen LogP contribution in [0.4, 0.5) is 14.9 Å². The van der Waals surface area contributed by atoms with Gasteiger partial charge in [0.2, 0.25) is 0 Å². The minimum Gasteiger partial charge on any atom is -0.354 e. The van der Waals surface area contributed by atoms with Crippen LogP contribution in [-0.4, -0.2) is 33.1 Å². The number of nitrogens with zero attached hydrogens (tertiary/aromatic N) is 1. The molecule has 1 rings (SSSR count). The van der Waals surface area contributed by atoms with Gasteiger partial charge in [-0.3, -0.25) is 4.90 Å². The van der Waals surface area contributed by atoms with E-state index in [2.05, 4.69) is 0 Å². The van der Waals surface area contributed by atoms with E-state index in [4.69, 9.17) is 15.2 Å². The molecule has 0 radical (unpaired) electrons. The summed E-state index contributed by atoms with van der Waals surface area (Å²) in [5.74, 6) is -0.381. The predicted octanol–water partition coefficient (Wildman–Crippen LogP) is 1.33. The Labute approximate surface area is 98.9 Å². The summed E-state index contributed by atoms with van der Waals surface area (Å²) in [5.41, 5.74) is 5.73. The summed E-state index contributed by atoms with van der Waals surface area (Å²) in [6.45, 7) is 0.133. The quantitative estimate of drug-likeness (QED) is 0.792. The molecule has 5 nitrogen and oxygen atoms in total. The zero-order valence-electron chi connectivity index (χ0n) is 9.72. The monoisotopic (exact) mass is 242 g/mol. The topological polar surface area (TPSA) is 64.8 Å². The van der Waals surface area contributed by atoms with Gasteiger partial charge < -0.3 is 15.2 Å². The molecule has 0 aromatic heterocycles. The predicted molar refractivity (Wildman–Crippen MR) is 61.1 cm³/mol. The highest BCUT2D eigenvalue weighted by atomic mass is 19.1. The van der Waals surface area contributed by atoms with Crippen LogP contribution in [0.3, 0.4) is 0 Å². The second-order valence-electron chi connectivity index (χ2n) is 3.33. The van der Waals surface area contributed by atoms with Gasteiger partial charge in [0.05, 0.1) is 6.54 Å². The molecule has 17 heavy (non-hydrogen) atoms. The van der Waals surface area contributed by atoms with Gasteiger partial charge in [0.1, 0.15) is 5.82 Å². The number of hydrogen-bond donors (Lipinski definition) is 1. The number of urea groups is 1. The first kappa shape index (κ1) is 13.4. The Morgan fingerprint density at radius 1 is 1.35 bits per heavy atom. The number of benzene rings is 1. The second-order valence-corrected chi connectivity index (χ2v) is 3.33. The fourth-order valence-corrected chi connectivity index (χ4v) is 1.34. The van der Waals surface area contributed by atoms with E-state index in [0.29, 0.717) is 5.69 Å². The molecule has 1 aromatic carbocycles. The third-order valence-corrected chi connectivity index (χ3v) is 2.26. The van der Waals surface area contributed by atoms with E-state index in [1.54, 1.807) is 0 Å². The van der Waals surface area contributed by atoms with Gasteiger partial charge in [0.15, 0.2) is 6.29 Å². The highest BCUT2D eigenvalue weighted by Gasteiger charge is 2.17. The van der Waals surface area contributed by atoms with E-state index < -0.39 is 12.3 Å². The van der Waals surface area contributed by atoms with E-state index >= 15 is 0 Å². The van der Waals surface area contributed by atoms with E-state index in [9.17, 15) is 9.18 Å². The summed E-state index contributed by atoms with van der Waals surface area (Å²) < 4.78 is 22.7. The molecular weight excluding hydrogens is 227 g/mol. The number of halogens is 1. The Morgan fingerprint density at radius 2 is 1.88 bits per heavy atom. The number of primary amides is 1. The van der Waals surface area contributed by atoms with Crippen molar-refractivity contribution in [1.82, 2.24) is 0 Å². The lowest BCUT2D eigenvalue weighted by molar-refractivity contribution is -0.0939. The summed E-state index contributed by atoms with van der Waals surface area (Å²) in [5, 5.41) is 0. The van der Waals surface area contributed by atoms with E-state index in [-0.39, 0.29) is 12.4 Å². The minimum absolute atomic E-state index is 0.133. The average molecular weight is 242 g/mol. The molecule has 0 spiro atoms. The largest absolute Gasteiger partial charge is 0.354 e. The third kappa shape index (κ3) is 3.69. The first-order valence-electron chi connectivity index (χ1n) is 4.96. The van der Waals surface area contributed by atoms with Crippen LogP contribution >= 0.6 is 0 Å². The zero-order valence-corrected chi connectivity index (χ0v) is 9.72. The van der Waals surface area contributed by atoms with Gasteiger partial charge in [-0.1, -0.05) is 0 Å². The summed E-state index contributed by atoms with van der Waals surface area (Å²) in [6.07, 6.45) is -0.590. The normalized spacial score (nSPS) is 10.6. The van der Waals surface area contributed by atoms with Crippen molar-refractivity contribution in [1.29, 1.82) is 0 Å². The molecule has 0 unspecified atom stereocenters. The standard InChI is InChI=1S/C11H15FN2O3/c1-16-10(17-2)7-14(11(13)15)9-5-3-8(12)4-6-9/h3-6,10H,7H2,1-2H3,(H2,13,15). The molecule has 0 bridgehead atoms. The highest BCUT2D eigenvalue weighted by Crippen LogP contribution is 2.15. The third-order valence-electron chi connectivity index (χ3n) is 2.26. The summed E-state index contributed by atoms with van der Waals surface area (Å²) in [4.78, 5) is 12.5. The Bertz CT molecular complexity index is 365. The molecule has 0 aliphatic heterocycles. The zero-order chi connectivity index (χ0) is 12.8. The van der Waals surface area contributed by atoms with Crippen LogP contribution in [0.1, 0.15) is 0 Å². The van der Waals surface area contributed by atoms with Crippen molar-refractivity contribution >= 4 is 11.7 Å². The lowest BCUT2D eigenvalue weighted by Crippen LogP contribution is -2.42. The number of hydrogen-bond acceptors (Lipinski definition) is 3. The van der Waals surface area contributed by atoms with E-state index in [0.717, 1.165) is 0 Å². The molecule has 0 fully saturated rings. The Hall–Kier alpha value is -1.66. The van der Waals surface area contributed by atoms with Crippen LogP contribution in [-0.2, 0) is 9.47 Å². The van der Waals surface area contributed by atoms with E-state index in [1.807, 2.05) is 0 Å². The molecule has 0 aliphatic rings. The molecule has 94 valence electrons. The Kier molecular flexibility index (Phi) is 4.86. The van der Waals surface area contributed by atoms with Gasteiger partial charge in [-0.15, -0.1) is 0 Å². The minimum atomic E-state index is -0.657. The van der Waals surface area contributed by atoms with Crippen molar-refractivity contribution in [2.75, 3.05) is 25.7 Å². The number of carbonyl (C=O) groups is 1. The first-order chi connectivity index (χ1) is 8.08. The van der Waals surface area contributed by atoms with Crippen LogP contribution in [0.15, 0.2) is 24.3 Å². The maximum atomic E-state index is 12.8. The SMILES string of the molecule is COC(CN(C(N)=O)c1ccc(F)cc1)OC. The molecular formula is C11H15FN2O3. The molecule has 6 heteroatoms.